The van der Waals surface area contributed by atoms with Crippen molar-refractivity contribution in [1.82, 2.24) is 24.6 Å². The van der Waals surface area contributed by atoms with Crippen LogP contribution >= 0.6 is 0 Å². The van der Waals surface area contributed by atoms with Crippen molar-refractivity contribution in [2.75, 3.05) is 6.54 Å². The molecule has 2 unspecified atom stereocenters. The van der Waals surface area contributed by atoms with Gasteiger partial charge < -0.3 is 15.0 Å². The van der Waals surface area contributed by atoms with Crippen LogP contribution in [0.1, 0.15) is 48.3 Å². The Bertz CT molecular complexity index is 1180. The predicted octanol–water partition coefficient (Wildman–Crippen LogP) is 2.48. The molecule has 4 bridgehead atoms. The molecule has 3 aromatic rings. The predicted molar refractivity (Wildman–Crippen MR) is 116 cm³/mol. The van der Waals surface area contributed by atoms with Gasteiger partial charge in [-0.15, -0.1) is 0 Å². The Hall–Kier alpha value is -3.16. The molecule has 2 aliphatic rings. The molecule has 0 aromatic carbocycles. The lowest BCUT2D eigenvalue weighted by molar-refractivity contribution is 0.0941. The van der Waals surface area contributed by atoms with Gasteiger partial charge in [0.2, 0.25) is 0 Å². The first-order valence-electron chi connectivity index (χ1n) is 11.1. The van der Waals surface area contributed by atoms with Crippen molar-refractivity contribution >= 4 is 16.9 Å². The fraction of sp³-hybridized carbons (Fsp3) is 0.478. The molecule has 1 aliphatic heterocycles. The molecule has 3 aromatic heterocycles. The Balaban J connectivity index is 1.37. The molecule has 0 spiro atoms. The third-order valence-electron chi connectivity index (χ3n) is 6.48. The summed E-state index contributed by atoms with van der Waals surface area (Å²) in [6.07, 6.45) is 9.22. The van der Waals surface area contributed by atoms with Gasteiger partial charge >= 0.3 is 0 Å². The van der Waals surface area contributed by atoms with E-state index in [-0.39, 0.29) is 5.69 Å². The van der Waals surface area contributed by atoms with Crippen molar-refractivity contribution in [3.8, 4) is 5.75 Å². The van der Waals surface area contributed by atoms with Crippen LogP contribution in [0.5, 0.6) is 5.75 Å². The highest BCUT2D eigenvalue weighted by Gasteiger charge is 2.36. The van der Waals surface area contributed by atoms with Gasteiger partial charge in [0.1, 0.15) is 5.65 Å². The van der Waals surface area contributed by atoms with Crippen LogP contribution in [-0.2, 0) is 19.5 Å². The molecule has 8 nitrogen and oxygen atoms in total. The molecule has 0 saturated heterocycles. The summed E-state index contributed by atoms with van der Waals surface area (Å²) in [4.78, 5) is 29.6. The van der Waals surface area contributed by atoms with E-state index in [1.807, 2.05) is 0 Å². The number of hydrogen-bond donors (Lipinski definition) is 2. The van der Waals surface area contributed by atoms with Gasteiger partial charge in [0.05, 0.1) is 6.20 Å². The number of amides is 1. The van der Waals surface area contributed by atoms with Crippen LogP contribution in [0.2, 0.25) is 0 Å². The van der Waals surface area contributed by atoms with Crippen molar-refractivity contribution < 1.29 is 9.90 Å². The van der Waals surface area contributed by atoms with Crippen LogP contribution in [0.25, 0.3) is 11.0 Å². The summed E-state index contributed by atoms with van der Waals surface area (Å²) in [6, 6.07) is 6.39. The lowest BCUT2D eigenvalue weighted by Gasteiger charge is -2.09. The molecule has 1 amide bonds. The minimum atomic E-state index is -0.714. The number of carbonyl (C=O) groups excluding carboxylic acids is 1. The standard InChI is InChI=1S/C23H27N5O3/c29-19-14-28-10-3-1-2-9-27-11-8-15-4-6-18(25-22(15)27)7-5-16-12-17(16)13-24-23(31)20(26-28)21(19)30/h4,6,8,11,14,16-17,29H,1-3,5,7,9-10,12-13H2,(H,24,31). The van der Waals surface area contributed by atoms with Crippen molar-refractivity contribution in [2.24, 2.45) is 11.8 Å². The van der Waals surface area contributed by atoms with Gasteiger partial charge in [0, 0.05) is 36.9 Å². The molecular weight excluding hydrogens is 394 g/mol. The normalized spacial score (nSPS) is 22.3. The number of fused-ring (bicyclic) bond motifs is 4. The average molecular weight is 422 g/mol. The smallest absolute Gasteiger partial charge is 0.275 e. The number of carbonyl (C=O) groups is 1. The van der Waals surface area contributed by atoms with E-state index in [9.17, 15) is 14.7 Å². The minimum Gasteiger partial charge on any atom is -0.503 e. The molecule has 2 N–H and O–H groups in total. The quantitative estimate of drug-likeness (QED) is 0.581. The first kappa shape index (κ1) is 19.8. The lowest BCUT2D eigenvalue weighted by Crippen LogP contribution is -2.33. The van der Waals surface area contributed by atoms with Crippen LogP contribution in [0.15, 0.2) is 35.4 Å². The monoisotopic (exact) mass is 421 g/mol. The molecule has 4 heterocycles. The summed E-state index contributed by atoms with van der Waals surface area (Å²) < 4.78 is 3.72. The van der Waals surface area contributed by atoms with Crippen molar-refractivity contribution in [3.05, 3.63) is 52.2 Å². The van der Waals surface area contributed by atoms with E-state index in [1.165, 1.54) is 16.3 Å². The van der Waals surface area contributed by atoms with Crippen LogP contribution < -0.4 is 10.7 Å². The Morgan fingerprint density at radius 1 is 1.06 bits per heavy atom. The maximum atomic E-state index is 12.5. The second kappa shape index (κ2) is 8.17. The summed E-state index contributed by atoms with van der Waals surface area (Å²) in [5.41, 5.74) is 1.22. The number of hydrogen-bond acceptors (Lipinski definition) is 5. The van der Waals surface area contributed by atoms with E-state index in [4.69, 9.17) is 4.98 Å². The fourth-order valence-corrected chi connectivity index (χ4v) is 4.49. The fourth-order valence-electron chi connectivity index (χ4n) is 4.49. The van der Waals surface area contributed by atoms with Crippen molar-refractivity contribution in [3.63, 3.8) is 0 Å². The SMILES string of the molecule is O=C1NCC2CC2CCc2ccc3ccn(c3n2)CCCCCn2cc(O)c(=O)c1n2. The molecule has 2 atom stereocenters. The molecule has 1 fully saturated rings. The van der Waals surface area contributed by atoms with Crippen LogP contribution in [0, 0.1) is 11.8 Å². The first-order chi connectivity index (χ1) is 15.1. The molecule has 8 heteroatoms. The second-order valence-corrected chi connectivity index (χ2v) is 8.74. The van der Waals surface area contributed by atoms with Crippen LogP contribution in [-0.4, -0.2) is 36.9 Å². The summed E-state index contributed by atoms with van der Waals surface area (Å²) >= 11 is 0. The van der Waals surface area contributed by atoms with Gasteiger partial charge in [-0.25, -0.2) is 4.98 Å². The lowest BCUT2D eigenvalue weighted by atomic mass is 10.1. The number of aryl methyl sites for hydroxylation is 3. The van der Waals surface area contributed by atoms with E-state index >= 15 is 0 Å². The summed E-state index contributed by atoms with van der Waals surface area (Å²) in [5.74, 6) is 0.0266. The summed E-state index contributed by atoms with van der Waals surface area (Å²) in [7, 11) is 0. The third kappa shape index (κ3) is 4.19. The molecule has 31 heavy (non-hydrogen) atoms. The largest absolute Gasteiger partial charge is 0.503 e. The Labute approximate surface area is 179 Å². The Morgan fingerprint density at radius 2 is 1.94 bits per heavy atom. The molecule has 162 valence electrons. The highest BCUT2D eigenvalue weighted by Crippen LogP contribution is 2.41. The summed E-state index contributed by atoms with van der Waals surface area (Å²) in [6.45, 7) is 1.95. The van der Waals surface area contributed by atoms with E-state index < -0.39 is 17.1 Å². The Kier molecular flexibility index (Phi) is 5.21. The number of nitrogens with one attached hydrogen (secondary N) is 1. The van der Waals surface area contributed by atoms with Gasteiger partial charge in [-0.05, 0) is 68.6 Å². The zero-order valence-electron chi connectivity index (χ0n) is 17.5. The van der Waals surface area contributed by atoms with E-state index in [1.54, 1.807) is 0 Å². The first-order valence-corrected chi connectivity index (χ1v) is 11.1. The molecular formula is C23H27N5O3. The van der Waals surface area contributed by atoms with Gasteiger partial charge in [-0.3, -0.25) is 14.3 Å². The van der Waals surface area contributed by atoms with Gasteiger partial charge in [0.15, 0.2) is 11.4 Å². The van der Waals surface area contributed by atoms with E-state index in [2.05, 4.69) is 39.4 Å². The number of nitrogens with zero attached hydrogens (tertiary/aromatic N) is 4. The molecule has 5 rings (SSSR count). The zero-order valence-corrected chi connectivity index (χ0v) is 17.5. The highest BCUT2D eigenvalue weighted by atomic mass is 16.3. The zero-order chi connectivity index (χ0) is 21.4. The number of pyridine rings is 1. The molecule has 1 saturated carbocycles. The number of aromatic hydroxyl groups is 1. The van der Waals surface area contributed by atoms with E-state index in [0.717, 1.165) is 56.4 Å². The maximum Gasteiger partial charge on any atom is 0.275 e. The topological polar surface area (TPSA) is 102 Å². The molecule has 1 aliphatic carbocycles. The van der Waals surface area contributed by atoms with Gasteiger partial charge in [-0.1, -0.05) is 0 Å². The maximum absolute atomic E-state index is 12.5. The van der Waals surface area contributed by atoms with Gasteiger partial charge in [0.25, 0.3) is 11.3 Å². The van der Waals surface area contributed by atoms with Gasteiger partial charge in [-0.2, -0.15) is 5.10 Å². The average Bonchev–Trinajstić information content (AvgIpc) is 3.41. The van der Waals surface area contributed by atoms with Crippen LogP contribution in [0.4, 0.5) is 0 Å². The van der Waals surface area contributed by atoms with Crippen molar-refractivity contribution in [1.29, 1.82) is 0 Å². The third-order valence-corrected chi connectivity index (χ3v) is 6.48. The molecule has 0 radical (unpaired) electrons. The number of rotatable bonds is 0. The summed E-state index contributed by atoms with van der Waals surface area (Å²) in [5, 5.41) is 18.2. The number of aromatic nitrogens is 4. The Morgan fingerprint density at radius 3 is 2.84 bits per heavy atom. The minimum absolute atomic E-state index is 0.231. The van der Waals surface area contributed by atoms with Crippen LogP contribution in [0.3, 0.4) is 0 Å². The van der Waals surface area contributed by atoms with E-state index in [0.29, 0.717) is 24.9 Å². The van der Waals surface area contributed by atoms with Crippen molar-refractivity contribution in [2.45, 2.75) is 51.6 Å². The highest BCUT2D eigenvalue weighted by molar-refractivity contribution is 5.92. The second-order valence-electron chi connectivity index (χ2n) is 8.74.